The van der Waals surface area contributed by atoms with Crippen LogP contribution in [0.15, 0.2) is 69.8 Å². The van der Waals surface area contributed by atoms with E-state index in [1.807, 2.05) is 50.2 Å². The zero-order chi connectivity index (χ0) is 23.5. The fraction of sp³-hybridized carbons (Fsp3) is 0.280. The van der Waals surface area contributed by atoms with Crippen LogP contribution in [0.3, 0.4) is 0 Å². The molecule has 0 radical (unpaired) electrons. The summed E-state index contributed by atoms with van der Waals surface area (Å²) in [6, 6.07) is 10.5. The highest BCUT2D eigenvalue weighted by atomic mass is 32.1. The number of benzene rings is 1. The van der Waals surface area contributed by atoms with E-state index < -0.39 is 12.0 Å². The lowest BCUT2D eigenvalue weighted by molar-refractivity contribution is -0.139. The smallest absolute Gasteiger partial charge is 0.338 e. The minimum Gasteiger partial charge on any atom is -0.491 e. The third-order valence-electron chi connectivity index (χ3n) is 5.07. The summed E-state index contributed by atoms with van der Waals surface area (Å²) >= 11 is 1.29. The van der Waals surface area contributed by atoms with Crippen molar-refractivity contribution in [3.8, 4) is 5.75 Å². The fourth-order valence-corrected chi connectivity index (χ4v) is 4.77. The van der Waals surface area contributed by atoms with Gasteiger partial charge in [0, 0.05) is 12.4 Å². The van der Waals surface area contributed by atoms with Gasteiger partial charge in [-0.2, -0.15) is 0 Å². The lowest BCUT2D eigenvalue weighted by Gasteiger charge is -2.25. The molecule has 7 nitrogen and oxygen atoms in total. The van der Waals surface area contributed by atoms with Crippen molar-refractivity contribution in [1.82, 2.24) is 9.55 Å². The number of allylic oxidation sites excluding steroid dienone is 1. The van der Waals surface area contributed by atoms with Crippen molar-refractivity contribution >= 4 is 23.4 Å². The summed E-state index contributed by atoms with van der Waals surface area (Å²) in [5.41, 5.74) is 2.27. The molecular formula is C25H25N3O4S. The largest absolute Gasteiger partial charge is 0.491 e. The van der Waals surface area contributed by atoms with Crippen LogP contribution < -0.4 is 19.6 Å². The second kappa shape index (κ2) is 9.54. The maximum atomic E-state index is 13.5. The van der Waals surface area contributed by atoms with E-state index in [1.165, 1.54) is 11.3 Å². The number of aromatic nitrogens is 2. The van der Waals surface area contributed by atoms with E-state index in [9.17, 15) is 9.59 Å². The van der Waals surface area contributed by atoms with Crippen LogP contribution in [0.5, 0.6) is 5.75 Å². The molecule has 4 rings (SSSR count). The predicted molar refractivity (Wildman–Crippen MR) is 127 cm³/mol. The number of carbonyl (C=O) groups is 1. The second-order valence-corrected chi connectivity index (χ2v) is 8.83. The van der Waals surface area contributed by atoms with E-state index in [-0.39, 0.29) is 18.3 Å². The summed E-state index contributed by atoms with van der Waals surface area (Å²) in [5.74, 6) is 0.240. The molecule has 3 heterocycles. The summed E-state index contributed by atoms with van der Waals surface area (Å²) in [4.78, 5) is 35.7. The summed E-state index contributed by atoms with van der Waals surface area (Å²) < 4.78 is 13.2. The first-order valence-electron chi connectivity index (χ1n) is 10.8. The van der Waals surface area contributed by atoms with Gasteiger partial charge in [-0.05, 0) is 63.1 Å². The van der Waals surface area contributed by atoms with Crippen molar-refractivity contribution in [2.24, 2.45) is 4.99 Å². The van der Waals surface area contributed by atoms with Crippen molar-refractivity contribution < 1.29 is 14.3 Å². The highest BCUT2D eigenvalue weighted by Crippen LogP contribution is 2.31. The standard InChI is InChI=1S/C25H25N3O4S/c1-5-31-24(30)21-16(4)27-25-28(22(21)18-8-10-19(11-9-18)32-15(2)3)23(29)20(33-25)13-17-7-6-12-26-14-17/h6-15,22H,5H2,1-4H3/t22-/m1/s1. The van der Waals surface area contributed by atoms with Gasteiger partial charge in [0.1, 0.15) is 5.75 Å². The molecule has 33 heavy (non-hydrogen) atoms. The Bertz CT molecular complexity index is 1370. The zero-order valence-electron chi connectivity index (χ0n) is 18.9. The van der Waals surface area contributed by atoms with Gasteiger partial charge in [0.05, 0.1) is 34.6 Å². The number of ether oxygens (including phenoxy) is 2. The number of pyridine rings is 1. The van der Waals surface area contributed by atoms with Crippen LogP contribution in [0.25, 0.3) is 6.08 Å². The summed E-state index contributed by atoms with van der Waals surface area (Å²) in [6.07, 6.45) is 5.20. The summed E-state index contributed by atoms with van der Waals surface area (Å²) in [5, 5.41) is 0. The van der Waals surface area contributed by atoms with E-state index in [0.717, 1.165) is 16.9 Å². The Labute approximate surface area is 195 Å². The monoisotopic (exact) mass is 463 g/mol. The van der Waals surface area contributed by atoms with Gasteiger partial charge in [-0.25, -0.2) is 9.79 Å². The van der Waals surface area contributed by atoms with Crippen LogP contribution in [0.2, 0.25) is 0 Å². The lowest BCUT2D eigenvalue weighted by atomic mass is 9.96. The van der Waals surface area contributed by atoms with Crippen molar-refractivity contribution in [3.63, 3.8) is 0 Å². The minimum absolute atomic E-state index is 0.0400. The molecule has 0 aliphatic carbocycles. The Hall–Kier alpha value is -3.52. The number of thiazole rings is 1. The number of fused-ring (bicyclic) bond motifs is 1. The van der Waals surface area contributed by atoms with Crippen LogP contribution in [0.1, 0.15) is 44.9 Å². The zero-order valence-corrected chi connectivity index (χ0v) is 19.8. The van der Waals surface area contributed by atoms with Gasteiger partial charge < -0.3 is 9.47 Å². The normalized spacial score (nSPS) is 15.9. The maximum absolute atomic E-state index is 13.5. The number of hydrogen-bond acceptors (Lipinski definition) is 7. The van der Waals surface area contributed by atoms with E-state index in [0.29, 0.717) is 20.6 Å². The molecule has 1 aromatic carbocycles. The molecule has 1 aliphatic heterocycles. The van der Waals surface area contributed by atoms with Gasteiger partial charge in [-0.1, -0.05) is 29.5 Å². The molecule has 0 saturated heterocycles. The van der Waals surface area contributed by atoms with Crippen LogP contribution >= 0.6 is 11.3 Å². The molecule has 0 saturated carbocycles. The first kappa shape index (κ1) is 22.7. The first-order valence-corrected chi connectivity index (χ1v) is 11.6. The van der Waals surface area contributed by atoms with Gasteiger partial charge in [0.15, 0.2) is 4.80 Å². The minimum atomic E-state index is -0.649. The van der Waals surface area contributed by atoms with E-state index in [4.69, 9.17) is 9.47 Å². The van der Waals surface area contributed by atoms with Crippen molar-refractivity contribution in [2.45, 2.75) is 39.8 Å². The van der Waals surface area contributed by atoms with E-state index in [1.54, 1.807) is 36.9 Å². The highest BCUT2D eigenvalue weighted by molar-refractivity contribution is 7.07. The number of nitrogens with zero attached hydrogens (tertiary/aromatic N) is 3. The van der Waals surface area contributed by atoms with Crippen LogP contribution in [0.4, 0.5) is 0 Å². The van der Waals surface area contributed by atoms with E-state index in [2.05, 4.69) is 9.98 Å². The molecule has 0 unspecified atom stereocenters. The van der Waals surface area contributed by atoms with Crippen LogP contribution in [-0.4, -0.2) is 28.2 Å². The Morgan fingerprint density at radius 1 is 1.24 bits per heavy atom. The third-order valence-corrected chi connectivity index (χ3v) is 6.05. The molecule has 0 bridgehead atoms. The van der Waals surface area contributed by atoms with Gasteiger partial charge in [-0.15, -0.1) is 0 Å². The molecule has 1 aliphatic rings. The van der Waals surface area contributed by atoms with Gasteiger partial charge in [0.25, 0.3) is 5.56 Å². The molecule has 170 valence electrons. The van der Waals surface area contributed by atoms with E-state index >= 15 is 0 Å². The summed E-state index contributed by atoms with van der Waals surface area (Å²) in [6.45, 7) is 7.67. The van der Waals surface area contributed by atoms with Crippen molar-refractivity contribution in [1.29, 1.82) is 0 Å². The van der Waals surface area contributed by atoms with Crippen LogP contribution in [0, 0.1) is 0 Å². The highest BCUT2D eigenvalue weighted by Gasteiger charge is 2.33. The SMILES string of the molecule is CCOC(=O)C1=C(C)N=c2sc(=Cc3cccnc3)c(=O)n2[C@@H]1c1ccc(OC(C)C)cc1. The number of rotatable bonds is 6. The number of hydrogen-bond donors (Lipinski definition) is 0. The molecule has 2 aromatic heterocycles. The molecule has 0 spiro atoms. The Morgan fingerprint density at radius 3 is 2.64 bits per heavy atom. The average molecular weight is 464 g/mol. The molecule has 0 fully saturated rings. The average Bonchev–Trinajstić information content (AvgIpc) is 3.08. The van der Waals surface area contributed by atoms with Gasteiger partial charge >= 0.3 is 5.97 Å². The molecule has 1 atom stereocenters. The Balaban J connectivity index is 1.90. The molecule has 0 N–H and O–H groups in total. The number of carbonyl (C=O) groups excluding carboxylic acids is 1. The predicted octanol–water partition coefficient (Wildman–Crippen LogP) is 2.98. The Kier molecular flexibility index (Phi) is 6.55. The number of esters is 1. The van der Waals surface area contributed by atoms with Gasteiger partial charge in [0.2, 0.25) is 0 Å². The third kappa shape index (κ3) is 4.66. The van der Waals surface area contributed by atoms with Crippen molar-refractivity contribution in [3.05, 3.63) is 90.9 Å². The van der Waals surface area contributed by atoms with Gasteiger partial charge in [-0.3, -0.25) is 14.3 Å². The molecule has 3 aromatic rings. The first-order chi connectivity index (χ1) is 15.9. The molecule has 0 amide bonds. The molecule has 8 heteroatoms. The second-order valence-electron chi connectivity index (χ2n) is 7.82. The van der Waals surface area contributed by atoms with Crippen molar-refractivity contribution in [2.75, 3.05) is 6.61 Å². The lowest BCUT2D eigenvalue weighted by Crippen LogP contribution is -2.39. The fourth-order valence-electron chi connectivity index (χ4n) is 3.72. The summed E-state index contributed by atoms with van der Waals surface area (Å²) in [7, 11) is 0. The Morgan fingerprint density at radius 2 is 2.00 bits per heavy atom. The van der Waals surface area contributed by atoms with Crippen LogP contribution in [-0.2, 0) is 9.53 Å². The maximum Gasteiger partial charge on any atom is 0.338 e. The quantitative estimate of drug-likeness (QED) is 0.525. The molecular weight excluding hydrogens is 438 g/mol. The topological polar surface area (TPSA) is 82.8 Å².